The first-order valence-corrected chi connectivity index (χ1v) is 7.97. The number of amides is 2. The van der Waals surface area contributed by atoms with Gasteiger partial charge in [0.15, 0.2) is 0 Å². The maximum Gasteiger partial charge on any atom is 0.308 e. The van der Waals surface area contributed by atoms with Gasteiger partial charge in [0.25, 0.3) is 5.91 Å². The number of piperidine rings is 1. The van der Waals surface area contributed by atoms with E-state index >= 15 is 0 Å². The number of carboxylic acid groups (broad SMARTS) is 1. The van der Waals surface area contributed by atoms with Crippen LogP contribution in [0.15, 0.2) is 24.3 Å². The number of rotatable bonds is 4. The molecule has 0 radical (unpaired) electrons. The molecule has 6 nitrogen and oxygen atoms in total. The van der Waals surface area contributed by atoms with Crippen LogP contribution in [0.1, 0.15) is 36.0 Å². The summed E-state index contributed by atoms with van der Waals surface area (Å²) >= 11 is 0. The van der Waals surface area contributed by atoms with Crippen molar-refractivity contribution in [2.24, 2.45) is 11.8 Å². The first kappa shape index (κ1) is 15.5. The summed E-state index contributed by atoms with van der Waals surface area (Å²) in [4.78, 5) is 37.1. The van der Waals surface area contributed by atoms with E-state index in [1.54, 1.807) is 29.2 Å². The van der Waals surface area contributed by atoms with Crippen LogP contribution in [0, 0.1) is 11.8 Å². The van der Waals surface area contributed by atoms with Gasteiger partial charge in [0.2, 0.25) is 5.91 Å². The van der Waals surface area contributed by atoms with Crippen molar-refractivity contribution in [1.82, 2.24) is 4.90 Å². The Labute approximate surface area is 134 Å². The lowest BCUT2D eigenvalue weighted by molar-refractivity contribution is -0.143. The standard InChI is InChI=1S/C17H20N2O4/c20-15(11-6-7-11)18-14-5-1-3-12(9-14)16(21)19-8-2-4-13(10-19)17(22)23/h1,3,5,9,11,13H,2,4,6-8,10H2,(H,18,20)(H,22,23). The number of carboxylic acids is 1. The van der Waals surface area contributed by atoms with E-state index in [1.807, 2.05) is 0 Å². The minimum atomic E-state index is -0.854. The molecular weight excluding hydrogens is 296 g/mol. The molecule has 1 aliphatic heterocycles. The molecule has 1 unspecified atom stereocenters. The number of carbonyl (C=O) groups is 3. The Balaban J connectivity index is 1.69. The molecule has 1 saturated carbocycles. The summed E-state index contributed by atoms with van der Waals surface area (Å²) in [5, 5.41) is 11.9. The molecule has 2 N–H and O–H groups in total. The van der Waals surface area contributed by atoms with Gasteiger partial charge in [-0.25, -0.2) is 0 Å². The molecule has 23 heavy (non-hydrogen) atoms. The van der Waals surface area contributed by atoms with Crippen LogP contribution in [0.2, 0.25) is 0 Å². The molecule has 2 fully saturated rings. The highest BCUT2D eigenvalue weighted by Gasteiger charge is 2.30. The second kappa shape index (κ2) is 6.40. The van der Waals surface area contributed by atoms with Crippen molar-refractivity contribution >= 4 is 23.5 Å². The van der Waals surface area contributed by atoms with Crippen LogP contribution in [-0.2, 0) is 9.59 Å². The molecule has 1 aliphatic carbocycles. The summed E-state index contributed by atoms with van der Waals surface area (Å²) in [6.45, 7) is 0.814. The molecule has 2 aliphatic rings. The fraction of sp³-hybridized carbons (Fsp3) is 0.471. The molecule has 1 aromatic carbocycles. The Morgan fingerprint density at radius 3 is 2.61 bits per heavy atom. The van der Waals surface area contributed by atoms with Gasteiger partial charge in [0.1, 0.15) is 0 Å². The van der Waals surface area contributed by atoms with Crippen molar-refractivity contribution in [2.75, 3.05) is 18.4 Å². The van der Waals surface area contributed by atoms with Crippen molar-refractivity contribution < 1.29 is 19.5 Å². The van der Waals surface area contributed by atoms with Crippen molar-refractivity contribution in [3.63, 3.8) is 0 Å². The monoisotopic (exact) mass is 316 g/mol. The Morgan fingerprint density at radius 2 is 1.91 bits per heavy atom. The lowest BCUT2D eigenvalue weighted by Gasteiger charge is -2.30. The summed E-state index contributed by atoms with van der Waals surface area (Å²) in [5.74, 6) is -1.43. The number of likely N-dealkylation sites (tertiary alicyclic amines) is 1. The van der Waals surface area contributed by atoms with E-state index in [9.17, 15) is 14.4 Å². The average molecular weight is 316 g/mol. The van der Waals surface area contributed by atoms with Crippen LogP contribution in [0.4, 0.5) is 5.69 Å². The minimum absolute atomic E-state index is 0.00138. The maximum atomic E-state index is 12.6. The fourth-order valence-corrected chi connectivity index (χ4v) is 2.87. The normalized spacial score (nSPS) is 20.9. The quantitative estimate of drug-likeness (QED) is 0.889. The molecular formula is C17H20N2O4. The number of benzene rings is 1. The third kappa shape index (κ3) is 3.70. The molecule has 1 aromatic rings. The molecule has 0 spiro atoms. The number of anilines is 1. The largest absolute Gasteiger partial charge is 0.481 e. The van der Waals surface area contributed by atoms with Crippen LogP contribution in [0.5, 0.6) is 0 Å². The van der Waals surface area contributed by atoms with Gasteiger partial charge in [-0.2, -0.15) is 0 Å². The van der Waals surface area contributed by atoms with Crippen molar-refractivity contribution in [2.45, 2.75) is 25.7 Å². The molecule has 1 heterocycles. The van der Waals surface area contributed by atoms with Gasteiger partial charge in [0.05, 0.1) is 5.92 Å². The topological polar surface area (TPSA) is 86.7 Å². The van der Waals surface area contributed by atoms with E-state index in [2.05, 4.69) is 5.32 Å². The van der Waals surface area contributed by atoms with Gasteiger partial charge in [-0.05, 0) is 43.9 Å². The van der Waals surface area contributed by atoms with Gasteiger partial charge >= 0.3 is 5.97 Å². The van der Waals surface area contributed by atoms with E-state index in [0.29, 0.717) is 30.6 Å². The lowest BCUT2D eigenvalue weighted by Crippen LogP contribution is -2.42. The Morgan fingerprint density at radius 1 is 1.13 bits per heavy atom. The summed E-state index contributed by atoms with van der Waals surface area (Å²) in [7, 11) is 0. The van der Waals surface area contributed by atoms with E-state index in [0.717, 1.165) is 12.8 Å². The van der Waals surface area contributed by atoms with Gasteiger partial charge in [0, 0.05) is 30.3 Å². The van der Waals surface area contributed by atoms with Gasteiger partial charge < -0.3 is 15.3 Å². The summed E-state index contributed by atoms with van der Waals surface area (Å²) in [6.07, 6.45) is 3.15. The number of nitrogens with zero attached hydrogens (tertiary/aromatic N) is 1. The maximum absolute atomic E-state index is 12.6. The predicted molar refractivity (Wildman–Crippen MR) is 84.1 cm³/mol. The number of hydrogen-bond acceptors (Lipinski definition) is 3. The van der Waals surface area contributed by atoms with E-state index in [-0.39, 0.29) is 24.3 Å². The van der Waals surface area contributed by atoms with Gasteiger partial charge in [-0.1, -0.05) is 6.07 Å². The molecule has 1 atom stereocenters. The lowest BCUT2D eigenvalue weighted by atomic mass is 9.97. The third-order valence-electron chi connectivity index (χ3n) is 4.38. The highest BCUT2D eigenvalue weighted by Crippen LogP contribution is 2.30. The van der Waals surface area contributed by atoms with Crippen molar-refractivity contribution in [3.05, 3.63) is 29.8 Å². The predicted octanol–water partition coefficient (Wildman–Crippen LogP) is 1.97. The van der Waals surface area contributed by atoms with Crippen molar-refractivity contribution in [3.8, 4) is 0 Å². The Kier molecular flexibility index (Phi) is 4.32. The van der Waals surface area contributed by atoms with Crippen LogP contribution in [0.3, 0.4) is 0 Å². The van der Waals surface area contributed by atoms with E-state index < -0.39 is 11.9 Å². The van der Waals surface area contributed by atoms with E-state index in [1.165, 1.54) is 0 Å². The first-order chi connectivity index (χ1) is 11.0. The zero-order valence-corrected chi connectivity index (χ0v) is 12.8. The fourth-order valence-electron chi connectivity index (χ4n) is 2.87. The van der Waals surface area contributed by atoms with Gasteiger partial charge in [-0.3, -0.25) is 14.4 Å². The third-order valence-corrected chi connectivity index (χ3v) is 4.38. The first-order valence-electron chi connectivity index (χ1n) is 7.97. The number of hydrogen-bond donors (Lipinski definition) is 2. The summed E-state index contributed by atoms with van der Waals surface area (Å²) < 4.78 is 0. The highest BCUT2D eigenvalue weighted by atomic mass is 16.4. The summed E-state index contributed by atoms with van der Waals surface area (Å²) in [5.41, 5.74) is 1.09. The smallest absolute Gasteiger partial charge is 0.308 e. The number of carbonyl (C=O) groups excluding carboxylic acids is 2. The Bertz CT molecular complexity index is 639. The SMILES string of the molecule is O=C(O)C1CCCN(C(=O)c2cccc(NC(=O)C3CC3)c2)C1. The van der Waals surface area contributed by atoms with Crippen LogP contribution >= 0.6 is 0 Å². The molecule has 2 amide bonds. The van der Waals surface area contributed by atoms with Crippen LogP contribution < -0.4 is 5.32 Å². The highest BCUT2D eigenvalue weighted by molar-refractivity contribution is 5.98. The average Bonchev–Trinajstić information content (AvgIpc) is 3.39. The van der Waals surface area contributed by atoms with Gasteiger partial charge in [-0.15, -0.1) is 0 Å². The molecule has 0 bridgehead atoms. The van der Waals surface area contributed by atoms with E-state index in [4.69, 9.17) is 5.11 Å². The number of nitrogens with one attached hydrogen (secondary N) is 1. The Hall–Kier alpha value is -2.37. The second-order valence-corrected chi connectivity index (χ2v) is 6.27. The molecule has 0 aromatic heterocycles. The van der Waals surface area contributed by atoms with Crippen molar-refractivity contribution in [1.29, 1.82) is 0 Å². The molecule has 122 valence electrons. The molecule has 1 saturated heterocycles. The zero-order chi connectivity index (χ0) is 16.4. The summed E-state index contributed by atoms with van der Waals surface area (Å²) in [6, 6.07) is 6.84. The number of aliphatic carboxylic acids is 1. The minimum Gasteiger partial charge on any atom is -0.481 e. The van der Waals surface area contributed by atoms with Crippen LogP contribution in [-0.4, -0.2) is 40.9 Å². The van der Waals surface area contributed by atoms with Crippen LogP contribution in [0.25, 0.3) is 0 Å². The second-order valence-electron chi connectivity index (χ2n) is 6.27. The molecule has 6 heteroatoms. The zero-order valence-electron chi connectivity index (χ0n) is 12.8. The molecule has 3 rings (SSSR count).